The fourth-order valence-electron chi connectivity index (χ4n) is 2.52. The lowest BCUT2D eigenvalue weighted by Gasteiger charge is -2.12. The van der Waals surface area contributed by atoms with Crippen molar-refractivity contribution in [1.82, 2.24) is 0 Å². The lowest BCUT2D eigenvalue weighted by Crippen LogP contribution is -2.27. The Kier molecular flexibility index (Phi) is 4.66. The molecule has 0 aromatic heterocycles. The molecule has 8 heteroatoms. The predicted octanol–water partition coefficient (Wildman–Crippen LogP) is 1.28. The molecule has 1 amide bonds. The van der Waals surface area contributed by atoms with E-state index in [2.05, 4.69) is 5.32 Å². The van der Waals surface area contributed by atoms with Crippen LogP contribution in [-0.2, 0) is 19.1 Å². The van der Waals surface area contributed by atoms with E-state index in [0.717, 1.165) is 6.42 Å². The van der Waals surface area contributed by atoms with Crippen LogP contribution in [0.4, 0.5) is 5.69 Å². The van der Waals surface area contributed by atoms with E-state index in [-0.39, 0.29) is 23.8 Å². The normalized spacial score (nSPS) is 18.3. The Morgan fingerprint density at radius 3 is 2.67 bits per heavy atom. The molecule has 24 heavy (non-hydrogen) atoms. The van der Waals surface area contributed by atoms with Crippen LogP contribution in [0.1, 0.15) is 30.1 Å². The minimum atomic E-state index is -0.601. The van der Waals surface area contributed by atoms with E-state index in [4.69, 9.17) is 18.9 Å². The van der Waals surface area contributed by atoms with E-state index < -0.39 is 24.6 Å². The molecule has 1 N–H and O–H groups in total. The molecule has 3 rings (SSSR count). The molecular weight excluding hydrogens is 318 g/mol. The zero-order chi connectivity index (χ0) is 17.1. The molecule has 2 aliphatic heterocycles. The SMILES string of the molecule is CC(=O)c1cc2c(cc1NC(=O)COC(=O)[C@H]1CCCO1)OCO2. The number of nitrogens with one attached hydrogen (secondary N) is 1. The molecule has 1 aromatic rings. The summed E-state index contributed by atoms with van der Waals surface area (Å²) >= 11 is 0. The number of esters is 1. The van der Waals surface area contributed by atoms with Crippen molar-refractivity contribution in [2.75, 3.05) is 25.3 Å². The van der Waals surface area contributed by atoms with Crippen molar-refractivity contribution in [2.45, 2.75) is 25.9 Å². The summed E-state index contributed by atoms with van der Waals surface area (Å²) in [6, 6.07) is 3.03. The molecular formula is C16H17NO7. The molecule has 0 spiro atoms. The minimum Gasteiger partial charge on any atom is -0.454 e. The van der Waals surface area contributed by atoms with Crippen molar-refractivity contribution in [3.8, 4) is 11.5 Å². The lowest BCUT2D eigenvalue weighted by molar-refractivity contribution is -0.156. The summed E-state index contributed by atoms with van der Waals surface area (Å²) in [5.41, 5.74) is 0.572. The second-order valence-electron chi connectivity index (χ2n) is 5.46. The number of ketones is 1. The number of benzene rings is 1. The van der Waals surface area contributed by atoms with Gasteiger partial charge in [-0.25, -0.2) is 4.79 Å². The van der Waals surface area contributed by atoms with Crippen LogP contribution in [0.15, 0.2) is 12.1 Å². The van der Waals surface area contributed by atoms with Gasteiger partial charge in [0, 0.05) is 18.2 Å². The molecule has 8 nitrogen and oxygen atoms in total. The standard InChI is InChI=1S/C16H17NO7/c1-9(18)10-5-13-14(24-8-23-13)6-11(10)17-15(19)7-22-16(20)12-3-2-4-21-12/h5-6,12H,2-4,7-8H2,1H3,(H,17,19)/t12-/m1/s1. The second kappa shape index (κ2) is 6.88. The van der Waals surface area contributed by atoms with Crippen molar-refractivity contribution >= 4 is 23.3 Å². The first-order valence-electron chi connectivity index (χ1n) is 7.57. The van der Waals surface area contributed by atoms with Crippen LogP contribution in [-0.4, -0.2) is 43.8 Å². The number of fused-ring (bicyclic) bond motifs is 1. The lowest BCUT2D eigenvalue weighted by atomic mass is 10.1. The van der Waals surface area contributed by atoms with Gasteiger partial charge in [0.2, 0.25) is 6.79 Å². The molecule has 1 fully saturated rings. The first-order chi connectivity index (χ1) is 11.5. The van der Waals surface area contributed by atoms with Gasteiger partial charge in [0.05, 0.1) is 5.69 Å². The molecule has 0 bridgehead atoms. The van der Waals surface area contributed by atoms with Crippen molar-refractivity contribution in [2.24, 2.45) is 0 Å². The molecule has 1 aromatic carbocycles. The van der Waals surface area contributed by atoms with Crippen molar-refractivity contribution in [3.63, 3.8) is 0 Å². The number of carbonyl (C=O) groups excluding carboxylic acids is 3. The van der Waals surface area contributed by atoms with Gasteiger partial charge < -0.3 is 24.3 Å². The summed E-state index contributed by atoms with van der Waals surface area (Å²) in [5, 5.41) is 2.55. The van der Waals surface area contributed by atoms with Gasteiger partial charge in [-0.1, -0.05) is 0 Å². The van der Waals surface area contributed by atoms with Crippen LogP contribution in [0.3, 0.4) is 0 Å². The summed E-state index contributed by atoms with van der Waals surface area (Å²) in [6.07, 6.45) is 0.790. The third-order valence-corrected chi connectivity index (χ3v) is 3.70. The van der Waals surface area contributed by atoms with Crippen LogP contribution in [0.5, 0.6) is 11.5 Å². The van der Waals surface area contributed by atoms with E-state index >= 15 is 0 Å². The van der Waals surface area contributed by atoms with Gasteiger partial charge in [0.1, 0.15) is 0 Å². The second-order valence-corrected chi connectivity index (χ2v) is 5.46. The molecule has 0 aliphatic carbocycles. The highest BCUT2D eigenvalue weighted by Crippen LogP contribution is 2.37. The summed E-state index contributed by atoms with van der Waals surface area (Å²) in [5.74, 6) is -0.461. The first-order valence-corrected chi connectivity index (χ1v) is 7.57. The summed E-state index contributed by atoms with van der Waals surface area (Å²) in [4.78, 5) is 35.4. The molecule has 0 radical (unpaired) electrons. The number of anilines is 1. The van der Waals surface area contributed by atoms with E-state index in [0.29, 0.717) is 24.5 Å². The monoisotopic (exact) mass is 335 g/mol. The number of Topliss-reactive ketones (excluding diaryl/α,β-unsaturated/α-hetero) is 1. The third kappa shape index (κ3) is 3.48. The Balaban J connectivity index is 1.63. The number of ether oxygens (including phenoxy) is 4. The van der Waals surface area contributed by atoms with E-state index in [1.807, 2.05) is 0 Å². The van der Waals surface area contributed by atoms with Crippen LogP contribution in [0.2, 0.25) is 0 Å². The highest BCUT2D eigenvalue weighted by molar-refractivity contribution is 6.05. The van der Waals surface area contributed by atoms with Gasteiger partial charge in [0.25, 0.3) is 5.91 Å². The predicted molar refractivity (Wildman–Crippen MR) is 81.1 cm³/mol. The summed E-state index contributed by atoms with van der Waals surface area (Å²) < 4.78 is 20.6. The van der Waals surface area contributed by atoms with Crippen molar-refractivity contribution < 1.29 is 33.3 Å². The molecule has 128 valence electrons. The summed E-state index contributed by atoms with van der Waals surface area (Å²) in [6.45, 7) is 1.50. The number of rotatable bonds is 5. The number of hydrogen-bond donors (Lipinski definition) is 1. The summed E-state index contributed by atoms with van der Waals surface area (Å²) in [7, 11) is 0. The largest absolute Gasteiger partial charge is 0.454 e. The highest BCUT2D eigenvalue weighted by atomic mass is 16.7. The minimum absolute atomic E-state index is 0.0586. The van der Waals surface area contributed by atoms with Gasteiger partial charge in [-0.15, -0.1) is 0 Å². The van der Waals surface area contributed by atoms with Crippen molar-refractivity contribution in [1.29, 1.82) is 0 Å². The van der Waals surface area contributed by atoms with Gasteiger partial charge in [-0.3, -0.25) is 9.59 Å². The zero-order valence-electron chi connectivity index (χ0n) is 13.1. The van der Waals surface area contributed by atoms with Gasteiger partial charge in [0.15, 0.2) is 30.0 Å². The van der Waals surface area contributed by atoms with Gasteiger partial charge >= 0.3 is 5.97 Å². The van der Waals surface area contributed by atoms with Crippen molar-refractivity contribution in [3.05, 3.63) is 17.7 Å². The molecule has 0 saturated carbocycles. The van der Waals surface area contributed by atoms with Gasteiger partial charge in [-0.2, -0.15) is 0 Å². The third-order valence-electron chi connectivity index (χ3n) is 3.70. The van der Waals surface area contributed by atoms with Crippen LogP contribution < -0.4 is 14.8 Å². The Morgan fingerprint density at radius 2 is 2.00 bits per heavy atom. The Labute approximate surface area is 138 Å². The quantitative estimate of drug-likeness (QED) is 0.639. The van der Waals surface area contributed by atoms with Crippen LogP contribution >= 0.6 is 0 Å². The zero-order valence-corrected chi connectivity index (χ0v) is 13.1. The maximum Gasteiger partial charge on any atom is 0.335 e. The number of hydrogen-bond acceptors (Lipinski definition) is 7. The topological polar surface area (TPSA) is 100 Å². The molecule has 2 aliphatic rings. The number of carbonyl (C=O) groups is 3. The fraction of sp³-hybridized carbons (Fsp3) is 0.438. The van der Waals surface area contributed by atoms with E-state index in [9.17, 15) is 14.4 Å². The average molecular weight is 335 g/mol. The van der Waals surface area contributed by atoms with Crippen LogP contribution in [0, 0.1) is 0 Å². The number of amides is 1. The maximum absolute atomic E-state index is 12.0. The van der Waals surface area contributed by atoms with E-state index in [1.165, 1.54) is 19.1 Å². The highest BCUT2D eigenvalue weighted by Gasteiger charge is 2.26. The Hall–Kier alpha value is -2.61. The molecule has 2 heterocycles. The first kappa shape index (κ1) is 16.3. The average Bonchev–Trinajstić information content (AvgIpc) is 3.22. The maximum atomic E-state index is 12.0. The smallest absolute Gasteiger partial charge is 0.335 e. The Morgan fingerprint density at radius 1 is 1.25 bits per heavy atom. The molecule has 1 saturated heterocycles. The van der Waals surface area contributed by atoms with E-state index in [1.54, 1.807) is 0 Å². The molecule has 1 atom stereocenters. The van der Waals surface area contributed by atoms with Crippen LogP contribution in [0.25, 0.3) is 0 Å². The van der Waals surface area contributed by atoms with Gasteiger partial charge in [-0.05, 0) is 25.8 Å². The Bertz CT molecular complexity index is 679. The fourth-order valence-corrected chi connectivity index (χ4v) is 2.52. The molecule has 0 unspecified atom stereocenters.